The van der Waals surface area contributed by atoms with E-state index in [9.17, 15) is 18.0 Å². The fraction of sp³-hybridized carbons (Fsp3) is 0.615. The van der Waals surface area contributed by atoms with Crippen LogP contribution in [0.25, 0.3) is 0 Å². The van der Waals surface area contributed by atoms with Gasteiger partial charge in [-0.05, 0) is 12.8 Å². The van der Waals surface area contributed by atoms with Crippen LogP contribution in [-0.4, -0.2) is 36.0 Å². The van der Waals surface area contributed by atoms with E-state index in [2.05, 4.69) is 14.8 Å². The van der Waals surface area contributed by atoms with Gasteiger partial charge in [-0.2, -0.15) is 18.3 Å². The number of nitrogens with zero attached hydrogens (tertiary/aromatic N) is 3. The molecular weight excluding hydrogens is 319 g/mol. The summed E-state index contributed by atoms with van der Waals surface area (Å²) in [6, 6.07) is -0.331. The highest BCUT2D eigenvalue weighted by molar-refractivity contribution is 7.13. The molecule has 1 aliphatic heterocycles. The Labute approximate surface area is 128 Å². The standard InChI is InChI=1S/C13H14F3N3O2S/c1-21-11(20)8-6-22-12(17-8)19-9-5-3-2-4-7(9)10(18-19)13(14,15)16/h6-7,9H,2-5H2,1H3/t7-,9+/m1/s1. The minimum atomic E-state index is -4.43. The summed E-state index contributed by atoms with van der Waals surface area (Å²) in [5.74, 6) is -1.22. The first-order valence-corrected chi connectivity index (χ1v) is 7.78. The number of thiazole rings is 1. The topological polar surface area (TPSA) is 54.8 Å². The van der Waals surface area contributed by atoms with Crippen LogP contribution in [0.15, 0.2) is 10.5 Å². The summed E-state index contributed by atoms with van der Waals surface area (Å²) in [4.78, 5) is 15.5. The average molecular weight is 333 g/mol. The number of methoxy groups -OCH3 is 1. The molecule has 0 spiro atoms. The van der Waals surface area contributed by atoms with E-state index < -0.39 is 23.8 Å². The van der Waals surface area contributed by atoms with Crippen LogP contribution in [0.1, 0.15) is 36.2 Å². The number of hydrogen-bond acceptors (Lipinski definition) is 6. The highest BCUT2D eigenvalue weighted by atomic mass is 32.1. The molecule has 1 fully saturated rings. The summed E-state index contributed by atoms with van der Waals surface area (Å²) in [5.41, 5.74) is -0.641. The normalized spacial score (nSPS) is 24.9. The number of rotatable bonds is 2. The molecule has 1 aliphatic carbocycles. The van der Waals surface area contributed by atoms with Crippen LogP contribution in [0.4, 0.5) is 18.3 Å². The molecule has 0 radical (unpaired) electrons. The third-order valence-electron chi connectivity index (χ3n) is 3.98. The van der Waals surface area contributed by atoms with E-state index in [-0.39, 0.29) is 11.7 Å². The van der Waals surface area contributed by atoms with Crippen molar-refractivity contribution >= 4 is 28.1 Å². The summed E-state index contributed by atoms with van der Waals surface area (Å²) in [6.07, 6.45) is -1.67. The van der Waals surface area contributed by atoms with E-state index in [0.29, 0.717) is 18.0 Å². The Kier molecular flexibility index (Phi) is 3.84. The smallest absolute Gasteiger partial charge is 0.431 e. The number of halogens is 3. The Morgan fingerprint density at radius 2 is 2.14 bits per heavy atom. The number of alkyl halides is 3. The second kappa shape index (κ2) is 5.53. The zero-order valence-electron chi connectivity index (χ0n) is 11.8. The highest BCUT2D eigenvalue weighted by Gasteiger charge is 2.51. The molecule has 2 atom stereocenters. The molecule has 0 amide bonds. The molecule has 0 N–H and O–H groups in total. The largest absolute Gasteiger partial charge is 0.464 e. The van der Waals surface area contributed by atoms with Crippen LogP contribution in [0.5, 0.6) is 0 Å². The molecule has 2 heterocycles. The maximum Gasteiger partial charge on any atom is 0.431 e. The van der Waals surface area contributed by atoms with Gasteiger partial charge in [0.1, 0.15) is 5.71 Å². The number of esters is 1. The molecule has 0 bridgehead atoms. The molecule has 1 aromatic rings. The van der Waals surface area contributed by atoms with Crippen molar-refractivity contribution in [3.05, 3.63) is 11.1 Å². The lowest BCUT2D eigenvalue weighted by atomic mass is 9.82. The number of ether oxygens (including phenoxy) is 1. The van der Waals surface area contributed by atoms with Crippen molar-refractivity contribution in [3.8, 4) is 0 Å². The van der Waals surface area contributed by atoms with Crippen molar-refractivity contribution in [1.82, 2.24) is 4.98 Å². The van der Waals surface area contributed by atoms with Gasteiger partial charge in [-0.3, -0.25) is 0 Å². The molecule has 2 aliphatic rings. The van der Waals surface area contributed by atoms with Crippen LogP contribution in [0.2, 0.25) is 0 Å². The molecule has 1 aromatic heterocycles. The van der Waals surface area contributed by atoms with Gasteiger partial charge in [-0.15, -0.1) is 11.3 Å². The van der Waals surface area contributed by atoms with Crippen molar-refractivity contribution in [2.45, 2.75) is 37.9 Å². The second-order valence-electron chi connectivity index (χ2n) is 5.29. The maximum absolute atomic E-state index is 13.2. The molecular formula is C13H14F3N3O2S. The molecule has 22 heavy (non-hydrogen) atoms. The zero-order chi connectivity index (χ0) is 15.9. The van der Waals surface area contributed by atoms with E-state index >= 15 is 0 Å². The van der Waals surface area contributed by atoms with E-state index in [0.717, 1.165) is 24.2 Å². The fourth-order valence-corrected chi connectivity index (χ4v) is 3.81. The monoisotopic (exact) mass is 333 g/mol. The zero-order valence-corrected chi connectivity index (χ0v) is 12.6. The number of carbonyl (C=O) groups is 1. The van der Waals surface area contributed by atoms with Gasteiger partial charge in [-0.25, -0.2) is 14.8 Å². The highest BCUT2D eigenvalue weighted by Crippen LogP contribution is 2.42. The number of fused-ring (bicyclic) bond motifs is 1. The Hall–Kier alpha value is -1.64. The van der Waals surface area contributed by atoms with E-state index in [1.165, 1.54) is 17.5 Å². The van der Waals surface area contributed by atoms with Gasteiger partial charge in [0.05, 0.1) is 13.2 Å². The number of anilines is 1. The van der Waals surface area contributed by atoms with Gasteiger partial charge in [0, 0.05) is 11.3 Å². The van der Waals surface area contributed by atoms with Gasteiger partial charge < -0.3 is 4.74 Å². The van der Waals surface area contributed by atoms with Crippen LogP contribution >= 0.6 is 11.3 Å². The van der Waals surface area contributed by atoms with Gasteiger partial charge >= 0.3 is 12.1 Å². The molecule has 0 aromatic carbocycles. The molecule has 0 saturated heterocycles. The number of hydrazone groups is 1. The SMILES string of the molecule is COC(=O)c1csc(N2N=C(C(F)(F)F)[C@@H]3CCCC[C@@H]32)n1. The Balaban J connectivity index is 1.93. The lowest BCUT2D eigenvalue weighted by Gasteiger charge is -2.30. The first kappa shape index (κ1) is 15.3. The first-order valence-electron chi connectivity index (χ1n) is 6.90. The number of hydrogen-bond donors (Lipinski definition) is 0. The predicted octanol–water partition coefficient (Wildman–Crippen LogP) is 3.23. The lowest BCUT2D eigenvalue weighted by Crippen LogP contribution is -2.39. The number of carbonyl (C=O) groups excluding carboxylic acids is 1. The summed E-state index contributed by atoms with van der Waals surface area (Å²) in [7, 11) is 1.23. The minimum Gasteiger partial charge on any atom is -0.464 e. The molecule has 0 unspecified atom stereocenters. The quantitative estimate of drug-likeness (QED) is 0.780. The summed E-state index contributed by atoms with van der Waals surface area (Å²) >= 11 is 1.10. The van der Waals surface area contributed by atoms with Crippen LogP contribution in [-0.2, 0) is 4.74 Å². The Morgan fingerprint density at radius 1 is 1.41 bits per heavy atom. The molecule has 1 saturated carbocycles. The predicted molar refractivity (Wildman–Crippen MR) is 75.2 cm³/mol. The molecule has 5 nitrogen and oxygen atoms in total. The third kappa shape index (κ3) is 2.57. The van der Waals surface area contributed by atoms with Crippen molar-refractivity contribution in [3.63, 3.8) is 0 Å². The molecule has 9 heteroatoms. The van der Waals surface area contributed by atoms with Gasteiger partial charge in [0.25, 0.3) is 0 Å². The van der Waals surface area contributed by atoms with Gasteiger partial charge in [0.2, 0.25) is 5.13 Å². The summed E-state index contributed by atoms with van der Waals surface area (Å²) in [6.45, 7) is 0. The lowest BCUT2D eigenvalue weighted by molar-refractivity contribution is -0.0628. The Morgan fingerprint density at radius 3 is 2.82 bits per heavy atom. The Bertz CT molecular complexity index is 614. The van der Waals surface area contributed by atoms with Crippen molar-refractivity contribution in [2.24, 2.45) is 11.0 Å². The number of aromatic nitrogens is 1. The molecule has 3 rings (SSSR count). The van der Waals surface area contributed by atoms with E-state index in [4.69, 9.17) is 0 Å². The van der Waals surface area contributed by atoms with Crippen molar-refractivity contribution in [2.75, 3.05) is 12.1 Å². The first-order chi connectivity index (χ1) is 10.4. The van der Waals surface area contributed by atoms with Crippen LogP contribution < -0.4 is 5.01 Å². The summed E-state index contributed by atoms with van der Waals surface area (Å²) in [5, 5.41) is 6.91. The third-order valence-corrected chi connectivity index (χ3v) is 4.81. The van der Waals surface area contributed by atoms with Crippen LogP contribution in [0, 0.1) is 5.92 Å². The van der Waals surface area contributed by atoms with E-state index in [1.54, 1.807) is 0 Å². The second-order valence-corrected chi connectivity index (χ2v) is 6.13. The fourth-order valence-electron chi connectivity index (χ4n) is 3.01. The van der Waals surface area contributed by atoms with Gasteiger partial charge in [0.15, 0.2) is 5.69 Å². The van der Waals surface area contributed by atoms with Crippen LogP contribution in [0.3, 0.4) is 0 Å². The average Bonchev–Trinajstić information content (AvgIpc) is 3.10. The van der Waals surface area contributed by atoms with Crippen molar-refractivity contribution in [1.29, 1.82) is 0 Å². The molecule has 120 valence electrons. The van der Waals surface area contributed by atoms with Gasteiger partial charge in [-0.1, -0.05) is 12.8 Å². The van der Waals surface area contributed by atoms with Crippen molar-refractivity contribution < 1.29 is 22.7 Å². The van der Waals surface area contributed by atoms with E-state index in [1.807, 2.05) is 0 Å². The maximum atomic E-state index is 13.2. The minimum absolute atomic E-state index is 0.0884. The summed E-state index contributed by atoms with van der Waals surface area (Å²) < 4.78 is 44.0.